The summed E-state index contributed by atoms with van der Waals surface area (Å²) >= 11 is 6.16. The van der Waals surface area contributed by atoms with E-state index in [2.05, 4.69) is 20.6 Å². The Bertz CT molecular complexity index is 933. The molecule has 6 nitrogen and oxygen atoms in total. The summed E-state index contributed by atoms with van der Waals surface area (Å²) in [5, 5.41) is 7.13. The monoisotopic (exact) mass is 354 g/mol. The molecule has 7 heteroatoms. The molecule has 0 aliphatic carbocycles. The van der Waals surface area contributed by atoms with Crippen LogP contribution < -0.4 is 20.1 Å². The van der Waals surface area contributed by atoms with Gasteiger partial charge in [0.05, 0.1) is 0 Å². The van der Waals surface area contributed by atoms with E-state index in [1.807, 2.05) is 43.3 Å². The van der Waals surface area contributed by atoms with Gasteiger partial charge in [-0.15, -0.1) is 0 Å². The Morgan fingerprint density at radius 1 is 1.04 bits per heavy atom. The first-order valence-corrected chi connectivity index (χ1v) is 8.09. The normalized spacial score (nSPS) is 12.1. The molecule has 0 atom stereocenters. The zero-order valence-electron chi connectivity index (χ0n) is 13.4. The summed E-state index contributed by atoms with van der Waals surface area (Å²) in [6.07, 6.45) is 1.69. The number of benzene rings is 2. The van der Waals surface area contributed by atoms with E-state index in [4.69, 9.17) is 21.1 Å². The molecule has 0 saturated carbocycles. The van der Waals surface area contributed by atoms with Crippen LogP contribution in [0.3, 0.4) is 0 Å². The smallest absolute Gasteiger partial charge is 0.231 e. The summed E-state index contributed by atoms with van der Waals surface area (Å²) in [6, 6.07) is 13.1. The lowest BCUT2D eigenvalue weighted by molar-refractivity contribution is 0.174. The second-order valence-electron chi connectivity index (χ2n) is 5.50. The first kappa shape index (κ1) is 15.5. The Hall–Kier alpha value is -2.99. The third-order valence-electron chi connectivity index (χ3n) is 3.81. The standard InChI is InChI=1S/C18H15ClN4O2/c1-11-13(19)3-2-4-14(11)22-17-7-8-20-18(23-17)21-12-5-6-15-16(9-12)25-10-24-15/h2-9H,10H2,1H3,(H2,20,21,22,23). The van der Waals surface area contributed by atoms with Gasteiger partial charge in [0.25, 0.3) is 0 Å². The van der Waals surface area contributed by atoms with E-state index in [1.165, 1.54) is 0 Å². The van der Waals surface area contributed by atoms with Crippen molar-refractivity contribution < 1.29 is 9.47 Å². The lowest BCUT2D eigenvalue weighted by Gasteiger charge is -2.11. The molecule has 1 aromatic heterocycles. The predicted molar refractivity (Wildman–Crippen MR) is 97.4 cm³/mol. The molecule has 3 aromatic rings. The van der Waals surface area contributed by atoms with Crippen molar-refractivity contribution in [2.75, 3.05) is 17.4 Å². The minimum atomic E-state index is 0.244. The Morgan fingerprint density at radius 2 is 1.92 bits per heavy atom. The number of hydrogen-bond donors (Lipinski definition) is 2. The second-order valence-corrected chi connectivity index (χ2v) is 5.90. The van der Waals surface area contributed by atoms with Crippen molar-refractivity contribution in [3.63, 3.8) is 0 Å². The van der Waals surface area contributed by atoms with Crippen LogP contribution in [0.5, 0.6) is 11.5 Å². The highest BCUT2D eigenvalue weighted by molar-refractivity contribution is 6.31. The van der Waals surface area contributed by atoms with Gasteiger partial charge in [-0.3, -0.25) is 0 Å². The average molecular weight is 355 g/mol. The fourth-order valence-corrected chi connectivity index (χ4v) is 2.65. The third-order valence-corrected chi connectivity index (χ3v) is 4.22. The number of halogens is 1. The van der Waals surface area contributed by atoms with Gasteiger partial charge in [-0.2, -0.15) is 4.98 Å². The molecule has 2 aromatic carbocycles. The summed E-state index contributed by atoms with van der Waals surface area (Å²) in [6.45, 7) is 2.20. The lowest BCUT2D eigenvalue weighted by Crippen LogP contribution is -2.01. The molecule has 2 heterocycles. The van der Waals surface area contributed by atoms with E-state index in [1.54, 1.807) is 12.3 Å². The van der Waals surface area contributed by atoms with Gasteiger partial charge in [0, 0.05) is 28.7 Å². The van der Waals surface area contributed by atoms with Crippen LogP contribution in [-0.4, -0.2) is 16.8 Å². The minimum absolute atomic E-state index is 0.244. The number of nitrogens with zero attached hydrogens (tertiary/aromatic N) is 2. The number of ether oxygens (including phenoxy) is 2. The zero-order valence-corrected chi connectivity index (χ0v) is 14.2. The Labute approximate surface area is 149 Å². The number of anilines is 4. The summed E-state index contributed by atoms with van der Waals surface area (Å²) < 4.78 is 10.7. The van der Waals surface area contributed by atoms with E-state index in [-0.39, 0.29) is 6.79 Å². The maximum Gasteiger partial charge on any atom is 0.231 e. The summed E-state index contributed by atoms with van der Waals surface area (Å²) in [7, 11) is 0. The summed E-state index contributed by atoms with van der Waals surface area (Å²) in [4.78, 5) is 8.73. The van der Waals surface area contributed by atoms with Crippen LogP contribution in [0.25, 0.3) is 0 Å². The summed E-state index contributed by atoms with van der Waals surface area (Å²) in [5.41, 5.74) is 2.69. The molecule has 1 aliphatic rings. The molecule has 0 saturated heterocycles. The predicted octanol–water partition coefficient (Wildman–Crippen LogP) is 4.65. The van der Waals surface area contributed by atoms with Crippen LogP contribution in [0.1, 0.15) is 5.56 Å². The average Bonchev–Trinajstić information content (AvgIpc) is 3.07. The van der Waals surface area contributed by atoms with E-state index in [9.17, 15) is 0 Å². The molecular formula is C18H15ClN4O2. The number of hydrogen-bond acceptors (Lipinski definition) is 6. The Morgan fingerprint density at radius 3 is 2.84 bits per heavy atom. The van der Waals surface area contributed by atoms with Crippen molar-refractivity contribution in [3.05, 3.63) is 59.2 Å². The van der Waals surface area contributed by atoms with Crippen LogP contribution in [0.2, 0.25) is 5.02 Å². The van der Waals surface area contributed by atoms with Crippen molar-refractivity contribution in [1.82, 2.24) is 9.97 Å². The van der Waals surface area contributed by atoms with Crippen molar-refractivity contribution in [3.8, 4) is 11.5 Å². The van der Waals surface area contributed by atoms with Gasteiger partial charge in [0.15, 0.2) is 11.5 Å². The van der Waals surface area contributed by atoms with Crippen molar-refractivity contribution >= 4 is 34.7 Å². The van der Waals surface area contributed by atoms with Gasteiger partial charge >= 0.3 is 0 Å². The first-order chi connectivity index (χ1) is 12.2. The molecular weight excluding hydrogens is 340 g/mol. The van der Waals surface area contributed by atoms with Crippen molar-refractivity contribution in [2.24, 2.45) is 0 Å². The molecule has 126 valence electrons. The number of aromatic nitrogens is 2. The van der Waals surface area contributed by atoms with Gasteiger partial charge in [-0.25, -0.2) is 4.98 Å². The highest BCUT2D eigenvalue weighted by Crippen LogP contribution is 2.35. The van der Waals surface area contributed by atoms with E-state index in [0.717, 1.165) is 22.7 Å². The number of fused-ring (bicyclic) bond motifs is 1. The van der Waals surface area contributed by atoms with E-state index in [0.29, 0.717) is 22.5 Å². The molecule has 0 amide bonds. The molecule has 2 N–H and O–H groups in total. The second kappa shape index (κ2) is 6.49. The third kappa shape index (κ3) is 3.29. The molecule has 4 rings (SSSR count). The fourth-order valence-electron chi connectivity index (χ4n) is 2.47. The van der Waals surface area contributed by atoms with Gasteiger partial charge < -0.3 is 20.1 Å². The van der Waals surface area contributed by atoms with Crippen molar-refractivity contribution in [1.29, 1.82) is 0 Å². The number of rotatable bonds is 4. The lowest BCUT2D eigenvalue weighted by atomic mass is 10.2. The Balaban J connectivity index is 1.54. The maximum absolute atomic E-state index is 6.16. The molecule has 0 radical (unpaired) electrons. The highest BCUT2D eigenvalue weighted by atomic mass is 35.5. The fraction of sp³-hybridized carbons (Fsp3) is 0.111. The van der Waals surface area contributed by atoms with Crippen LogP contribution in [0.4, 0.5) is 23.1 Å². The Kier molecular flexibility index (Phi) is 4.03. The molecule has 0 spiro atoms. The minimum Gasteiger partial charge on any atom is -0.454 e. The number of nitrogens with one attached hydrogen (secondary N) is 2. The maximum atomic E-state index is 6.16. The van der Waals surface area contributed by atoms with Crippen LogP contribution >= 0.6 is 11.6 Å². The molecule has 0 unspecified atom stereocenters. The first-order valence-electron chi connectivity index (χ1n) is 7.71. The van der Waals surface area contributed by atoms with Crippen molar-refractivity contribution in [2.45, 2.75) is 6.92 Å². The highest BCUT2D eigenvalue weighted by Gasteiger charge is 2.13. The molecule has 0 fully saturated rings. The van der Waals surface area contributed by atoms with Gasteiger partial charge in [0.1, 0.15) is 5.82 Å². The van der Waals surface area contributed by atoms with Crippen LogP contribution in [0, 0.1) is 6.92 Å². The van der Waals surface area contributed by atoms with Crippen LogP contribution in [-0.2, 0) is 0 Å². The van der Waals surface area contributed by atoms with E-state index < -0.39 is 0 Å². The quantitative estimate of drug-likeness (QED) is 0.710. The van der Waals surface area contributed by atoms with E-state index >= 15 is 0 Å². The molecule has 1 aliphatic heterocycles. The molecule has 0 bridgehead atoms. The largest absolute Gasteiger partial charge is 0.454 e. The van der Waals surface area contributed by atoms with Gasteiger partial charge in [-0.05, 0) is 42.8 Å². The molecule has 25 heavy (non-hydrogen) atoms. The zero-order chi connectivity index (χ0) is 17.2. The SMILES string of the molecule is Cc1c(Cl)cccc1Nc1ccnc(Nc2ccc3c(c2)OCO3)n1. The van der Waals surface area contributed by atoms with Gasteiger partial charge in [0.2, 0.25) is 12.7 Å². The van der Waals surface area contributed by atoms with Crippen LogP contribution in [0.15, 0.2) is 48.7 Å². The van der Waals surface area contributed by atoms with Gasteiger partial charge in [-0.1, -0.05) is 17.7 Å². The summed E-state index contributed by atoms with van der Waals surface area (Å²) in [5.74, 6) is 2.58. The topological polar surface area (TPSA) is 68.3 Å².